The molecule has 0 aliphatic carbocycles. The van der Waals surface area contributed by atoms with E-state index in [0.717, 1.165) is 48.0 Å². The molecule has 26 heteroatoms. The molecule has 8 rings (SSSR count). The Labute approximate surface area is 453 Å². The molecule has 75 heavy (non-hydrogen) atoms. The Hall–Kier alpha value is -7.22. The van der Waals surface area contributed by atoms with Crippen molar-refractivity contribution in [1.29, 1.82) is 0 Å². The first kappa shape index (κ1) is 55.5. The number of carbonyl (C=O) groups excluding carboxylic acids is 4. The minimum Gasteiger partial charge on any atom is -0.478 e. The molecule has 8 aromatic rings. The highest BCUT2D eigenvalue weighted by Crippen LogP contribution is 2.32. The zero-order valence-corrected chi connectivity index (χ0v) is 45.7. The van der Waals surface area contributed by atoms with Crippen LogP contribution in [0.15, 0.2) is 88.3 Å². The molecule has 0 aliphatic rings. The fourth-order valence-electron chi connectivity index (χ4n) is 7.11. The van der Waals surface area contributed by atoms with Gasteiger partial charge in [-0.05, 0) is 65.9 Å². The van der Waals surface area contributed by atoms with E-state index in [2.05, 4.69) is 29.6 Å². The number of thiophene rings is 2. The monoisotopic (exact) mass is 1130 g/mol. The number of pyridine rings is 2. The van der Waals surface area contributed by atoms with E-state index >= 15 is 0 Å². The number of Topliss-reactive ketones (excluding diaryl/α,β-unsaturated/α-hetero) is 2. The van der Waals surface area contributed by atoms with Gasteiger partial charge in [0.2, 0.25) is 0 Å². The van der Waals surface area contributed by atoms with Gasteiger partial charge in [0.05, 0.1) is 68.4 Å². The van der Waals surface area contributed by atoms with E-state index in [1.807, 2.05) is 12.1 Å². The third-order valence-corrected chi connectivity index (χ3v) is 14.8. The summed E-state index contributed by atoms with van der Waals surface area (Å²) >= 11 is 16.9. The number of hydrogen-bond acceptors (Lipinski definition) is 18. The van der Waals surface area contributed by atoms with Gasteiger partial charge in [-0.2, -0.15) is 19.6 Å². The van der Waals surface area contributed by atoms with E-state index in [-0.39, 0.29) is 64.5 Å². The second-order valence-corrected chi connectivity index (χ2v) is 23.8. The van der Waals surface area contributed by atoms with Gasteiger partial charge in [0.25, 0.3) is 22.9 Å². The Morgan fingerprint density at radius 2 is 1.21 bits per heavy atom. The summed E-state index contributed by atoms with van der Waals surface area (Å²) in [6, 6.07) is 12.9. The third-order valence-electron chi connectivity index (χ3n) is 11.0. The van der Waals surface area contributed by atoms with Gasteiger partial charge < -0.3 is 30.0 Å². The number of carbonyl (C=O) groups is 6. The van der Waals surface area contributed by atoms with E-state index in [9.17, 15) is 48.6 Å². The van der Waals surface area contributed by atoms with Crippen molar-refractivity contribution in [3.8, 4) is 22.5 Å². The summed E-state index contributed by atoms with van der Waals surface area (Å²) in [6.45, 7) is 12.1. The summed E-state index contributed by atoms with van der Waals surface area (Å²) in [4.78, 5) is 104. The summed E-state index contributed by atoms with van der Waals surface area (Å²) in [5, 5.41) is 36.5. The Morgan fingerprint density at radius 3 is 1.67 bits per heavy atom. The molecule has 0 saturated carbocycles. The predicted molar refractivity (Wildman–Crippen MR) is 289 cm³/mol. The number of carboxylic acids is 2. The first-order valence-electron chi connectivity index (χ1n) is 22.4. The van der Waals surface area contributed by atoms with Gasteiger partial charge in [-0.15, -0.1) is 22.7 Å². The van der Waals surface area contributed by atoms with Crippen molar-refractivity contribution in [2.75, 3.05) is 10.6 Å². The van der Waals surface area contributed by atoms with Crippen molar-refractivity contribution in [1.82, 2.24) is 37.4 Å². The van der Waals surface area contributed by atoms with Crippen LogP contribution in [0.1, 0.15) is 107 Å². The number of aromatic carboxylic acids is 2. The number of ketones is 2. The normalized spacial score (nSPS) is 11.5. The van der Waals surface area contributed by atoms with Crippen LogP contribution in [0.2, 0.25) is 8.67 Å². The fourth-order valence-corrected chi connectivity index (χ4v) is 10.2. The Balaban J connectivity index is 0.000000219. The molecule has 0 spiro atoms. The Kier molecular flexibility index (Phi) is 16.8. The number of hydrogen-bond donors (Lipinski definition) is 4. The zero-order chi connectivity index (χ0) is 54.7. The number of rotatable bonds is 16. The van der Waals surface area contributed by atoms with Gasteiger partial charge in [-0.3, -0.25) is 28.8 Å². The molecule has 8 heterocycles. The van der Waals surface area contributed by atoms with Crippen molar-refractivity contribution in [2.24, 2.45) is 10.8 Å². The van der Waals surface area contributed by atoms with Crippen molar-refractivity contribution in [2.45, 2.75) is 74.6 Å². The lowest BCUT2D eigenvalue weighted by atomic mass is 9.96. The van der Waals surface area contributed by atoms with Crippen LogP contribution in [0, 0.1) is 17.8 Å². The summed E-state index contributed by atoms with van der Waals surface area (Å²) < 4.78 is 13.7. The lowest BCUT2D eigenvalue weighted by Gasteiger charge is -2.18. The highest BCUT2D eigenvalue weighted by molar-refractivity contribution is 7.16. The van der Waals surface area contributed by atoms with Crippen LogP contribution in [0.25, 0.3) is 22.5 Å². The molecule has 8 aromatic heterocycles. The van der Waals surface area contributed by atoms with Crippen molar-refractivity contribution >= 4 is 116 Å². The fraction of sp³-hybridized carbons (Fsp3) is 0.265. The quantitative estimate of drug-likeness (QED) is 0.0655. The average Bonchev–Trinajstić information content (AvgIpc) is 4.21. The number of nitrogens with one attached hydrogen (secondary N) is 2. The molecule has 0 unspecified atom stereocenters. The summed E-state index contributed by atoms with van der Waals surface area (Å²) in [5.74, 6) is -3.39. The van der Waals surface area contributed by atoms with Crippen LogP contribution < -0.4 is 21.8 Å². The number of anilines is 2. The van der Waals surface area contributed by atoms with Crippen LogP contribution in [0.3, 0.4) is 0 Å². The molecule has 4 N–H and O–H groups in total. The molecule has 0 aliphatic heterocycles. The molecule has 0 amide bonds. The molecular weight excluding hydrogens is 1090 g/mol. The Morgan fingerprint density at radius 1 is 0.680 bits per heavy atom. The molecule has 0 aromatic carbocycles. The van der Waals surface area contributed by atoms with E-state index in [1.54, 1.807) is 71.2 Å². The van der Waals surface area contributed by atoms with E-state index < -0.39 is 39.5 Å². The SMILES string of the molecule is CC(C)(C)C(=O)n1nc(-c2cn(CC(=O)c3cnsc3)c(=O)cc2C(=O)O)cc1NCc1ccc(Cl)s1.Cc1c(-c2cc(NCc3ccc(Cl)s3)n(C(=O)C(C)(C)C)n2)cn(CC(=O)c2ccns2)c(=O)c1C(=O)O. The predicted octanol–water partition coefficient (Wildman–Crippen LogP) is 9.83. The van der Waals surface area contributed by atoms with Crippen molar-refractivity contribution in [3.63, 3.8) is 0 Å². The second-order valence-electron chi connectivity index (χ2n) is 18.7. The first-order chi connectivity index (χ1) is 35.3. The van der Waals surface area contributed by atoms with Crippen LogP contribution in [0.4, 0.5) is 11.6 Å². The lowest BCUT2D eigenvalue weighted by Crippen LogP contribution is -2.30. The number of nitrogens with zero attached hydrogens (tertiary/aromatic N) is 8. The summed E-state index contributed by atoms with van der Waals surface area (Å²) in [5.41, 5.74) is -2.45. The third kappa shape index (κ3) is 13.0. The molecule has 390 valence electrons. The molecule has 0 fully saturated rings. The molecule has 0 bridgehead atoms. The topological polar surface area (TPSA) is 272 Å². The molecule has 0 saturated heterocycles. The van der Waals surface area contributed by atoms with Gasteiger partial charge in [0.1, 0.15) is 17.2 Å². The zero-order valence-electron chi connectivity index (χ0n) is 41.0. The maximum atomic E-state index is 13.2. The van der Waals surface area contributed by atoms with Crippen molar-refractivity contribution in [3.05, 3.63) is 145 Å². The van der Waals surface area contributed by atoms with Gasteiger partial charge in [0.15, 0.2) is 11.6 Å². The molecule has 0 atom stereocenters. The second kappa shape index (κ2) is 22.7. The van der Waals surface area contributed by atoms with Gasteiger partial charge >= 0.3 is 11.9 Å². The average molecular weight is 1130 g/mol. The lowest BCUT2D eigenvalue weighted by molar-refractivity contribution is 0.0684. The number of carboxylic acid groups (broad SMARTS) is 2. The Bertz CT molecular complexity index is 3610. The first-order valence-corrected chi connectivity index (χ1v) is 26.4. The van der Waals surface area contributed by atoms with Gasteiger partial charge in [-0.1, -0.05) is 64.7 Å². The van der Waals surface area contributed by atoms with Crippen LogP contribution in [-0.2, 0) is 26.2 Å². The van der Waals surface area contributed by atoms with E-state index in [0.29, 0.717) is 49.4 Å². The minimum absolute atomic E-state index is 0.0889. The maximum Gasteiger partial charge on any atom is 0.341 e. The highest BCUT2D eigenvalue weighted by atomic mass is 35.5. The van der Waals surface area contributed by atoms with Gasteiger partial charge in [0, 0.05) is 73.9 Å². The van der Waals surface area contributed by atoms with E-state index in [1.165, 1.54) is 69.8 Å². The number of halogens is 2. The largest absolute Gasteiger partial charge is 0.478 e. The summed E-state index contributed by atoms with van der Waals surface area (Å²) in [7, 11) is 0. The van der Waals surface area contributed by atoms with Crippen LogP contribution in [-0.4, -0.2) is 83.0 Å². The highest BCUT2D eigenvalue weighted by Gasteiger charge is 2.31. The van der Waals surface area contributed by atoms with E-state index in [4.69, 9.17) is 23.2 Å². The van der Waals surface area contributed by atoms with Crippen molar-refractivity contribution < 1.29 is 39.0 Å². The maximum absolute atomic E-state index is 13.2. The molecule has 0 radical (unpaired) electrons. The smallest absolute Gasteiger partial charge is 0.341 e. The molecule has 20 nitrogen and oxygen atoms in total. The van der Waals surface area contributed by atoms with Crippen LogP contribution in [0.5, 0.6) is 0 Å². The molecular formula is C49H46Cl2N10O10S4. The van der Waals surface area contributed by atoms with Gasteiger partial charge in [-0.25, -0.2) is 18.3 Å². The summed E-state index contributed by atoms with van der Waals surface area (Å²) in [6.07, 6.45) is 5.56. The number of aromatic nitrogens is 8. The minimum atomic E-state index is -1.42. The van der Waals surface area contributed by atoms with Crippen LogP contribution >= 0.6 is 68.9 Å². The standard InChI is InChI=1S/C25H24ClN5O5S2.C24H22ClN5O5S2/c1-13-15(11-30(22(33)21(13)23(34)35)12-17(32)18-7-8-28-38-18)16-9-20(27-10-14-5-6-19(26)37-14)31(29-16)24(36)25(2,3)4;1-24(2,3)23(35)30-20(26-9-14-4-5-19(25)37-14)7-17(28-30)16-10-29(21(32)6-15(16)22(33)34)11-18(31)13-8-27-36-12-13/h5-9,11,27H,10,12H2,1-4H3,(H,34,35);4-8,10,12,26H,9,11H2,1-3H3,(H,33,34).